The summed E-state index contributed by atoms with van der Waals surface area (Å²) in [5, 5.41) is 13.0. The third kappa shape index (κ3) is 4.06. The Balaban J connectivity index is 2.60. The average Bonchev–Trinajstić information content (AvgIpc) is 2.30. The van der Waals surface area contributed by atoms with Crippen LogP contribution in [-0.4, -0.2) is 17.7 Å². The van der Waals surface area contributed by atoms with Crippen molar-refractivity contribution >= 4 is 0 Å². The van der Waals surface area contributed by atoms with Crippen molar-refractivity contribution in [2.75, 3.05) is 6.54 Å². The summed E-state index contributed by atoms with van der Waals surface area (Å²) < 4.78 is 26.1. The molecule has 0 aromatic heterocycles. The maximum atomic E-state index is 13.4. The number of benzene rings is 1. The van der Waals surface area contributed by atoms with E-state index in [2.05, 4.69) is 5.32 Å². The van der Waals surface area contributed by atoms with E-state index in [0.29, 0.717) is 6.04 Å². The summed E-state index contributed by atoms with van der Waals surface area (Å²) in [6, 6.07) is 3.53. The van der Waals surface area contributed by atoms with Crippen LogP contribution < -0.4 is 5.32 Å². The number of halogens is 2. The zero-order chi connectivity index (χ0) is 12.8. The maximum absolute atomic E-state index is 13.4. The predicted octanol–water partition coefficient (Wildman–Crippen LogP) is 2.78. The first-order valence-corrected chi connectivity index (χ1v) is 5.94. The van der Waals surface area contributed by atoms with Gasteiger partial charge in [-0.1, -0.05) is 19.9 Å². The summed E-state index contributed by atoms with van der Waals surface area (Å²) in [7, 11) is 0. The van der Waals surface area contributed by atoms with Crippen molar-refractivity contribution in [3.8, 4) is 0 Å². The first kappa shape index (κ1) is 14.1. The fourth-order valence-corrected chi connectivity index (χ4v) is 1.74. The lowest BCUT2D eigenvalue weighted by Gasteiger charge is -2.18. The molecular formula is C13H19F2NO. The second kappa shape index (κ2) is 6.67. The van der Waals surface area contributed by atoms with Crippen molar-refractivity contribution in [1.29, 1.82) is 0 Å². The van der Waals surface area contributed by atoms with Crippen LogP contribution in [0.15, 0.2) is 18.2 Å². The van der Waals surface area contributed by atoms with E-state index < -0.39 is 17.7 Å². The Morgan fingerprint density at radius 3 is 2.41 bits per heavy atom. The molecule has 0 aliphatic rings. The Morgan fingerprint density at radius 1 is 1.24 bits per heavy atom. The lowest BCUT2D eigenvalue weighted by molar-refractivity contribution is 0.164. The molecule has 0 aliphatic heterocycles. The molecule has 0 saturated carbocycles. The monoisotopic (exact) mass is 243 g/mol. The standard InChI is InChI=1S/C13H19F2NO/c1-3-10(4-2)16-8-13(17)11-6-5-9(14)7-12(11)15/h5-7,10,13,16-17H,3-4,8H2,1-2H3. The predicted molar refractivity (Wildman–Crippen MR) is 63.7 cm³/mol. The quantitative estimate of drug-likeness (QED) is 0.805. The zero-order valence-electron chi connectivity index (χ0n) is 10.2. The van der Waals surface area contributed by atoms with E-state index in [9.17, 15) is 13.9 Å². The van der Waals surface area contributed by atoms with E-state index >= 15 is 0 Å². The molecule has 0 saturated heterocycles. The molecule has 0 amide bonds. The fourth-order valence-electron chi connectivity index (χ4n) is 1.74. The first-order valence-electron chi connectivity index (χ1n) is 5.94. The highest BCUT2D eigenvalue weighted by Gasteiger charge is 2.14. The van der Waals surface area contributed by atoms with Crippen LogP contribution in [0.5, 0.6) is 0 Å². The van der Waals surface area contributed by atoms with Gasteiger partial charge in [0.2, 0.25) is 0 Å². The summed E-state index contributed by atoms with van der Waals surface area (Å²) in [6.45, 7) is 4.37. The van der Waals surface area contributed by atoms with E-state index in [4.69, 9.17) is 0 Å². The minimum atomic E-state index is -0.948. The van der Waals surface area contributed by atoms with Gasteiger partial charge >= 0.3 is 0 Å². The lowest BCUT2D eigenvalue weighted by atomic mass is 10.1. The highest BCUT2D eigenvalue weighted by Crippen LogP contribution is 2.17. The summed E-state index contributed by atoms with van der Waals surface area (Å²) >= 11 is 0. The van der Waals surface area contributed by atoms with Gasteiger partial charge in [-0.05, 0) is 18.9 Å². The molecule has 1 aromatic carbocycles. The van der Waals surface area contributed by atoms with Gasteiger partial charge in [0.1, 0.15) is 11.6 Å². The van der Waals surface area contributed by atoms with Crippen molar-refractivity contribution in [1.82, 2.24) is 5.32 Å². The molecule has 2 N–H and O–H groups in total. The van der Waals surface area contributed by atoms with E-state index in [1.54, 1.807) is 0 Å². The minimum Gasteiger partial charge on any atom is -0.387 e. The number of hydrogen-bond acceptors (Lipinski definition) is 2. The third-order valence-electron chi connectivity index (χ3n) is 2.91. The van der Waals surface area contributed by atoms with Crippen LogP contribution in [0, 0.1) is 11.6 Å². The molecule has 0 fully saturated rings. The van der Waals surface area contributed by atoms with Crippen molar-refractivity contribution in [3.63, 3.8) is 0 Å². The van der Waals surface area contributed by atoms with Gasteiger partial charge < -0.3 is 10.4 Å². The molecule has 0 bridgehead atoms. The molecule has 1 atom stereocenters. The normalized spacial score (nSPS) is 13.1. The average molecular weight is 243 g/mol. The van der Waals surface area contributed by atoms with Crippen molar-refractivity contribution in [2.24, 2.45) is 0 Å². The van der Waals surface area contributed by atoms with Crippen molar-refractivity contribution in [3.05, 3.63) is 35.4 Å². The minimum absolute atomic E-state index is 0.129. The fraction of sp³-hybridized carbons (Fsp3) is 0.538. The van der Waals surface area contributed by atoms with Crippen LogP contribution in [0.1, 0.15) is 38.4 Å². The molecule has 0 spiro atoms. The molecule has 2 nitrogen and oxygen atoms in total. The number of hydrogen-bond donors (Lipinski definition) is 2. The van der Waals surface area contributed by atoms with Crippen LogP contribution in [0.4, 0.5) is 8.78 Å². The summed E-state index contributed by atoms with van der Waals surface area (Å²) in [6.07, 6.45) is 0.959. The van der Waals surface area contributed by atoms with Crippen LogP contribution in [0.25, 0.3) is 0 Å². The molecule has 1 rings (SSSR count). The van der Waals surface area contributed by atoms with E-state index in [1.807, 2.05) is 13.8 Å². The Kier molecular flexibility index (Phi) is 5.51. The zero-order valence-corrected chi connectivity index (χ0v) is 10.2. The Labute approximate surface area is 101 Å². The van der Waals surface area contributed by atoms with Crippen LogP contribution >= 0.6 is 0 Å². The van der Waals surface area contributed by atoms with E-state index in [0.717, 1.165) is 25.0 Å². The topological polar surface area (TPSA) is 32.3 Å². The van der Waals surface area contributed by atoms with Gasteiger partial charge in [-0.3, -0.25) is 0 Å². The van der Waals surface area contributed by atoms with E-state index in [1.165, 1.54) is 6.07 Å². The van der Waals surface area contributed by atoms with Gasteiger partial charge in [-0.25, -0.2) is 8.78 Å². The Hall–Kier alpha value is -1.00. The third-order valence-corrected chi connectivity index (χ3v) is 2.91. The van der Waals surface area contributed by atoms with Crippen LogP contribution in [0.2, 0.25) is 0 Å². The number of nitrogens with one attached hydrogen (secondary N) is 1. The molecule has 0 heterocycles. The molecule has 0 aliphatic carbocycles. The molecule has 4 heteroatoms. The van der Waals surface area contributed by atoms with Crippen molar-refractivity contribution in [2.45, 2.75) is 38.8 Å². The molecular weight excluding hydrogens is 224 g/mol. The van der Waals surface area contributed by atoms with Crippen molar-refractivity contribution < 1.29 is 13.9 Å². The molecule has 0 radical (unpaired) electrons. The Morgan fingerprint density at radius 2 is 1.88 bits per heavy atom. The van der Waals surface area contributed by atoms with Gasteiger partial charge in [-0.2, -0.15) is 0 Å². The highest BCUT2D eigenvalue weighted by atomic mass is 19.1. The molecule has 96 valence electrons. The number of aliphatic hydroxyl groups excluding tert-OH is 1. The van der Waals surface area contributed by atoms with Crippen LogP contribution in [-0.2, 0) is 0 Å². The van der Waals surface area contributed by atoms with Gasteiger partial charge in [-0.15, -0.1) is 0 Å². The van der Waals surface area contributed by atoms with Gasteiger partial charge in [0.15, 0.2) is 0 Å². The molecule has 1 unspecified atom stereocenters. The largest absolute Gasteiger partial charge is 0.387 e. The summed E-state index contributed by atoms with van der Waals surface area (Å²) in [5.41, 5.74) is 0.129. The van der Waals surface area contributed by atoms with E-state index in [-0.39, 0.29) is 12.1 Å². The second-order valence-corrected chi connectivity index (χ2v) is 4.10. The summed E-state index contributed by atoms with van der Waals surface area (Å²) in [5.74, 6) is -1.34. The molecule has 1 aromatic rings. The SMILES string of the molecule is CCC(CC)NCC(O)c1ccc(F)cc1F. The Bertz CT molecular complexity index is 353. The highest BCUT2D eigenvalue weighted by molar-refractivity contribution is 5.21. The first-order chi connectivity index (χ1) is 8.08. The number of aliphatic hydroxyl groups is 1. The van der Waals surface area contributed by atoms with Gasteiger partial charge in [0.05, 0.1) is 6.10 Å². The summed E-state index contributed by atoms with van der Waals surface area (Å²) in [4.78, 5) is 0. The maximum Gasteiger partial charge on any atom is 0.131 e. The van der Waals surface area contributed by atoms with Gasteiger partial charge in [0, 0.05) is 24.2 Å². The smallest absolute Gasteiger partial charge is 0.131 e. The number of rotatable bonds is 6. The second-order valence-electron chi connectivity index (χ2n) is 4.10. The molecule has 17 heavy (non-hydrogen) atoms. The lowest BCUT2D eigenvalue weighted by Crippen LogP contribution is -2.31. The van der Waals surface area contributed by atoms with Crippen LogP contribution in [0.3, 0.4) is 0 Å². The van der Waals surface area contributed by atoms with Gasteiger partial charge in [0.25, 0.3) is 0 Å².